The number of rotatable bonds is 10. The molecule has 0 amide bonds. The molecule has 5 saturated carbocycles. The van der Waals surface area contributed by atoms with Gasteiger partial charge in [-0.15, -0.1) is 0 Å². The summed E-state index contributed by atoms with van der Waals surface area (Å²) in [6.45, 7) is 7.32. The van der Waals surface area contributed by atoms with Crippen molar-refractivity contribution in [3.8, 4) is 22.3 Å². The molecule has 0 saturated heterocycles. The summed E-state index contributed by atoms with van der Waals surface area (Å²) >= 11 is 0. The highest BCUT2D eigenvalue weighted by molar-refractivity contribution is 5.94. The van der Waals surface area contributed by atoms with Crippen LogP contribution in [0.15, 0.2) is 200 Å². The van der Waals surface area contributed by atoms with Gasteiger partial charge in [-0.2, -0.15) is 0 Å². The lowest BCUT2D eigenvalue weighted by Crippen LogP contribution is -2.48. The summed E-state index contributed by atoms with van der Waals surface area (Å²) < 4.78 is 0. The molecule has 0 spiro atoms. The predicted octanol–water partition coefficient (Wildman–Crippen LogP) is 18.6. The first kappa shape index (κ1) is 43.4. The van der Waals surface area contributed by atoms with Crippen molar-refractivity contribution in [2.45, 2.75) is 101 Å². The van der Waals surface area contributed by atoms with Crippen molar-refractivity contribution >= 4 is 34.1 Å². The lowest BCUT2D eigenvalue weighted by molar-refractivity contribution is -0.00518. The van der Waals surface area contributed by atoms with Crippen LogP contribution in [0.25, 0.3) is 22.3 Å². The van der Waals surface area contributed by atoms with Gasteiger partial charge in [0.1, 0.15) is 0 Å². The van der Waals surface area contributed by atoms with Crippen LogP contribution < -0.4 is 9.80 Å². The van der Waals surface area contributed by atoms with E-state index in [4.69, 9.17) is 0 Å². The lowest BCUT2D eigenvalue weighted by Gasteiger charge is -2.57. The number of anilines is 6. The molecule has 0 radical (unpaired) electrons. The van der Waals surface area contributed by atoms with Crippen LogP contribution in [0.3, 0.4) is 0 Å². The van der Waals surface area contributed by atoms with Crippen LogP contribution in [0.1, 0.15) is 113 Å². The second-order valence-corrected chi connectivity index (χ2v) is 22.9. The molecule has 2 unspecified atom stereocenters. The molecule has 0 aliphatic heterocycles. The summed E-state index contributed by atoms with van der Waals surface area (Å²) in [5.41, 5.74) is 19.9. The largest absolute Gasteiger partial charge is 0.311 e. The van der Waals surface area contributed by atoms with Crippen LogP contribution in [0.2, 0.25) is 0 Å². The van der Waals surface area contributed by atoms with E-state index in [1.165, 1.54) is 130 Å². The molecule has 2 atom stereocenters. The molecule has 0 N–H and O–H groups in total. The Morgan fingerprint density at radius 2 is 0.886 bits per heavy atom. The Morgan fingerprint density at radius 1 is 0.414 bits per heavy atom. The van der Waals surface area contributed by atoms with E-state index in [0.717, 1.165) is 30.6 Å². The standard InChI is InChI=1S/C68H66N2/c1-47-15-14-38-68(43-47,53-26-32-57(33-27-53)69(55-18-9-5-10-19-55)56-20-11-6-12-21-56)54-28-34-59(35-29-54)70(58-30-24-52(25-31-58)67-44-48-39-49(45-67)41-50(40-48)46-67)60-36-37-62-64(42-60)66(2,3)63-23-13-22-61(65(62)63)51-16-7-4-8-17-51/h4-13,16-37,42,47-50H,14-15,38-41,43-46H2,1-3H3. The minimum Gasteiger partial charge on any atom is -0.311 e. The Kier molecular flexibility index (Phi) is 10.6. The van der Waals surface area contributed by atoms with E-state index in [1.54, 1.807) is 5.56 Å². The zero-order valence-corrected chi connectivity index (χ0v) is 41.3. The molecular formula is C68H66N2. The first-order valence-corrected chi connectivity index (χ1v) is 26.6. The molecule has 6 aliphatic rings. The van der Waals surface area contributed by atoms with Gasteiger partial charge in [0.25, 0.3) is 0 Å². The van der Waals surface area contributed by atoms with Crippen LogP contribution in [-0.2, 0) is 16.2 Å². The Hall–Kier alpha value is -6.64. The average Bonchev–Trinajstić information content (AvgIpc) is 3.63. The Bertz CT molecular complexity index is 3080. The fraction of sp³-hybridized carbons (Fsp3) is 0.294. The summed E-state index contributed by atoms with van der Waals surface area (Å²) in [4.78, 5) is 4.93. The van der Waals surface area contributed by atoms with Crippen molar-refractivity contribution in [2.24, 2.45) is 23.7 Å². The number of benzene rings is 8. The first-order valence-electron chi connectivity index (χ1n) is 26.6. The maximum Gasteiger partial charge on any atom is 0.0465 e. The summed E-state index contributed by atoms with van der Waals surface area (Å²) in [6, 6.07) is 76.2. The summed E-state index contributed by atoms with van der Waals surface area (Å²) in [5, 5.41) is 0. The molecule has 348 valence electrons. The molecule has 5 fully saturated rings. The van der Waals surface area contributed by atoms with Crippen LogP contribution in [0, 0.1) is 23.7 Å². The van der Waals surface area contributed by atoms with E-state index in [2.05, 4.69) is 231 Å². The minimum atomic E-state index is -0.151. The molecule has 0 heterocycles. The van der Waals surface area contributed by atoms with Crippen LogP contribution in [0.4, 0.5) is 34.1 Å². The molecule has 6 aliphatic carbocycles. The van der Waals surface area contributed by atoms with Crippen molar-refractivity contribution < 1.29 is 0 Å². The summed E-state index contributed by atoms with van der Waals surface area (Å²) in [6.07, 6.45) is 13.4. The van der Waals surface area contributed by atoms with Crippen molar-refractivity contribution in [3.63, 3.8) is 0 Å². The molecule has 0 aromatic heterocycles. The van der Waals surface area contributed by atoms with E-state index in [9.17, 15) is 0 Å². The van der Waals surface area contributed by atoms with Crippen LogP contribution >= 0.6 is 0 Å². The van der Waals surface area contributed by atoms with Gasteiger partial charge >= 0.3 is 0 Å². The summed E-state index contributed by atoms with van der Waals surface area (Å²) in [7, 11) is 0. The van der Waals surface area contributed by atoms with Gasteiger partial charge in [-0.25, -0.2) is 0 Å². The van der Waals surface area contributed by atoms with Crippen molar-refractivity contribution in [2.75, 3.05) is 9.80 Å². The first-order chi connectivity index (χ1) is 34.2. The SMILES string of the molecule is CC1CCCC(c2ccc(N(c3ccccc3)c3ccccc3)cc2)(c2ccc(N(c3ccc(C45CC6CC(CC(C6)C4)C5)cc3)c3ccc4c(c3)C(C)(C)c3cccc(-c5ccccc5)c3-4)cc2)C1. The van der Waals surface area contributed by atoms with Crippen LogP contribution in [0.5, 0.6) is 0 Å². The third-order valence-corrected chi connectivity index (χ3v) is 18.2. The fourth-order valence-corrected chi connectivity index (χ4v) is 15.4. The average molecular weight is 911 g/mol. The lowest BCUT2D eigenvalue weighted by atomic mass is 9.48. The fourth-order valence-electron chi connectivity index (χ4n) is 15.4. The number of para-hydroxylation sites is 2. The Balaban J connectivity index is 0.895. The third-order valence-electron chi connectivity index (χ3n) is 18.2. The monoisotopic (exact) mass is 911 g/mol. The quantitative estimate of drug-likeness (QED) is 0.135. The molecule has 2 heteroatoms. The molecule has 8 aromatic carbocycles. The number of nitrogens with zero attached hydrogens (tertiary/aromatic N) is 2. The molecule has 70 heavy (non-hydrogen) atoms. The maximum atomic E-state index is 2.55. The molecule has 8 aromatic rings. The van der Waals surface area contributed by atoms with Gasteiger partial charge in [-0.1, -0.05) is 161 Å². The van der Waals surface area contributed by atoms with Gasteiger partial charge < -0.3 is 9.80 Å². The normalized spacial score (nSPS) is 24.7. The number of hydrogen-bond acceptors (Lipinski definition) is 2. The van der Waals surface area contributed by atoms with Gasteiger partial charge in [0, 0.05) is 45.0 Å². The highest BCUT2D eigenvalue weighted by Gasteiger charge is 2.51. The maximum absolute atomic E-state index is 2.55. The van der Waals surface area contributed by atoms with E-state index in [0.29, 0.717) is 11.3 Å². The Labute approximate surface area is 417 Å². The van der Waals surface area contributed by atoms with Crippen molar-refractivity contribution in [3.05, 3.63) is 228 Å². The topological polar surface area (TPSA) is 6.48 Å². The van der Waals surface area contributed by atoms with Gasteiger partial charge in [0.05, 0.1) is 0 Å². The van der Waals surface area contributed by atoms with E-state index >= 15 is 0 Å². The van der Waals surface area contributed by atoms with Crippen LogP contribution in [-0.4, -0.2) is 0 Å². The van der Waals surface area contributed by atoms with Gasteiger partial charge in [-0.3, -0.25) is 0 Å². The minimum absolute atomic E-state index is 0.0662. The van der Waals surface area contributed by atoms with Crippen molar-refractivity contribution in [1.29, 1.82) is 0 Å². The molecular weight excluding hydrogens is 845 g/mol. The predicted molar refractivity (Wildman–Crippen MR) is 294 cm³/mol. The number of hydrogen-bond donors (Lipinski definition) is 0. The second kappa shape index (κ2) is 17.0. The van der Waals surface area contributed by atoms with E-state index < -0.39 is 0 Å². The zero-order chi connectivity index (χ0) is 47.0. The van der Waals surface area contributed by atoms with E-state index in [1.807, 2.05) is 0 Å². The smallest absolute Gasteiger partial charge is 0.0465 e. The van der Waals surface area contributed by atoms with Gasteiger partial charge in [-0.05, 0) is 203 Å². The molecule has 2 nitrogen and oxygen atoms in total. The molecule has 4 bridgehead atoms. The number of fused-ring (bicyclic) bond motifs is 3. The highest BCUT2D eigenvalue weighted by Crippen LogP contribution is 2.61. The van der Waals surface area contributed by atoms with E-state index in [-0.39, 0.29) is 10.8 Å². The van der Waals surface area contributed by atoms with Gasteiger partial charge in [0.15, 0.2) is 0 Å². The second-order valence-electron chi connectivity index (χ2n) is 22.9. The van der Waals surface area contributed by atoms with Gasteiger partial charge in [0.2, 0.25) is 0 Å². The third kappa shape index (κ3) is 7.27. The molecule has 14 rings (SSSR count). The zero-order valence-electron chi connectivity index (χ0n) is 41.3. The highest BCUT2D eigenvalue weighted by atomic mass is 15.1. The summed E-state index contributed by atoms with van der Waals surface area (Å²) in [5.74, 6) is 3.42. The van der Waals surface area contributed by atoms with Crippen molar-refractivity contribution in [1.82, 2.24) is 0 Å². The Morgan fingerprint density at radius 3 is 1.41 bits per heavy atom.